The third kappa shape index (κ3) is 4.01. The maximum atomic E-state index is 12.9. The van der Waals surface area contributed by atoms with E-state index >= 15 is 0 Å². The van der Waals surface area contributed by atoms with Crippen LogP contribution in [0.25, 0.3) is 0 Å². The van der Waals surface area contributed by atoms with E-state index in [1.807, 2.05) is 44.7 Å². The smallest absolute Gasteiger partial charge is 0.322 e. The molecule has 1 N–H and O–H groups in total. The van der Waals surface area contributed by atoms with Crippen LogP contribution < -0.4 is 5.32 Å². The molecule has 1 aromatic carbocycles. The predicted octanol–water partition coefficient (Wildman–Crippen LogP) is 3.26. The first-order valence-corrected chi connectivity index (χ1v) is 9.39. The molecule has 6 heteroatoms. The van der Waals surface area contributed by atoms with Gasteiger partial charge in [0.05, 0.1) is 29.5 Å². The Morgan fingerprint density at radius 1 is 1.19 bits per heavy atom. The third-order valence-corrected chi connectivity index (χ3v) is 4.98. The Morgan fingerprint density at radius 2 is 1.88 bits per heavy atom. The molecule has 1 atom stereocenters. The maximum absolute atomic E-state index is 12.9. The number of hydrogen-bond donors (Lipinski definition) is 1. The summed E-state index contributed by atoms with van der Waals surface area (Å²) in [6.45, 7) is 10.5. The van der Waals surface area contributed by atoms with Crippen molar-refractivity contribution in [2.24, 2.45) is 0 Å². The predicted molar refractivity (Wildman–Crippen MR) is 102 cm³/mol. The molecule has 142 valence electrons. The number of likely N-dealkylation sites (tertiary alicyclic amines) is 1. The first kappa shape index (κ1) is 18.7. The zero-order valence-corrected chi connectivity index (χ0v) is 16.2. The second kappa shape index (κ2) is 7.27. The van der Waals surface area contributed by atoms with Gasteiger partial charge in [-0.2, -0.15) is 0 Å². The average Bonchev–Trinajstić information content (AvgIpc) is 3.08. The van der Waals surface area contributed by atoms with Crippen LogP contribution >= 0.6 is 0 Å². The molecule has 0 spiro atoms. The second-order valence-electron chi connectivity index (χ2n) is 8.00. The molecule has 2 fully saturated rings. The van der Waals surface area contributed by atoms with Gasteiger partial charge in [-0.15, -0.1) is 0 Å². The summed E-state index contributed by atoms with van der Waals surface area (Å²) in [5, 5.41) is 3.00. The molecule has 3 amide bonds. The quantitative estimate of drug-likeness (QED) is 0.882. The molecule has 2 saturated heterocycles. The minimum atomic E-state index is -0.380. The van der Waals surface area contributed by atoms with Crippen molar-refractivity contribution in [3.8, 4) is 0 Å². The van der Waals surface area contributed by atoms with Crippen LogP contribution in [0.15, 0.2) is 18.2 Å². The van der Waals surface area contributed by atoms with Gasteiger partial charge < -0.3 is 19.9 Å². The number of nitrogens with one attached hydrogen (secondary N) is 1. The number of aryl methyl sites for hydroxylation is 1. The molecule has 6 nitrogen and oxygen atoms in total. The van der Waals surface area contributed by atoms with Gasteiger partial charge in [0.25, 0.3) is 5.91 Å². The van der Waals surface area contributed by atoms with Crippen LogP contribution in [0, 0.1) is 6.92 Å². The molecule has 0 aromatic heterocycles. The number of ether oxygens (including phenoxy) is 1. The van der Waals surface area contributed by atoms with E-state index in [2.05, 4.69) is 5.32 Å². The number of hydrogen-bond acceptors (Lipinski definition) is 3. The number of nitrogens with zero attached hydrogens (tertiary/aromatic N) is 2. The summed E-state index contributed by atoms with van der Waals surface area (Å²) in [6, 6.07) is 5.41. The van der Waals surface area contributed by atoms with Gasteiger partial charge in [-0.3, -0.25) is 4.79 Å². The lowest BCUT2D eigenvalue weighted by molar-refractivity contribution is -0.116. The summed E-state index contributed by atoms with van der Waals surface area (Å²) in [6.07, 6.45) is 2.06. The van der Waals surface area contributed by atoms with Gasteiger partial charge in [-0.1, -0.05) is 12.1 Å². The van der Waals surface area contributed by atoms with E-state index in [0.717, 1.165) is 31.5 Å². The number of morpholine rings is 1. The fourth-order valence-corrected chi connectivity index (χ4v) is 3.90. The van der Waals surface area contributed by atoms with E-state index in [-0.39, 0.29) is 23.6 Å². The second-order valence-corrected chi connectivity index (χ2v) is 8.00. The number of para-hydroxylation sites is 1. The lowest BCUT2D eigenvalue weighted by Crippen LogP contribution is -2.54. The first-order chi connectivity index (χ1) is 12.3. The van der Waals surface area contributed by atoms with Crippen molar-refractivity contribution >= 4 is 17.6 Å². The number of carbonyl (C=O) groups is 2. The highest BCUT2D eigenvalue weighted by Gasteiger charge is 2.34. The molecule has 2 aliphatic rings. The summed E-state index contributed by atoms with van der Waals surface area (Å²) >= 11 is 0. The van der Waals surface area contributed by atoms with Crippen LogP contribution in [-0.2, 0) is 4.74 Å². The molecular formula is C20H29N3O3. The highest BCUT2D eigenvalue weighted by molar-refractivity contribution is 6.04. The van der Waals surface area contributed by atoms with Crippen LogP contribution in [0.1, 0.15) is 49.5 Å². The molecule has 0 aliphatic carbocycles. The van der Waals surface area contributed by atoms with Gasteiger partial charge in [0.1, 0.15) is 0 Å². The Morgan fingerprint density at radius 3 is 2.54 bits per heavy atom. The Hall–Kier alpha value is -2.08. The number of benzene rings is 1. The van der Waals surface area contributed by atoms with Crippen molar-refractivity contribution in [1.82, 2.24) is 9.80 Å². The summed E-state index contributed by atoms with van der Waals surface area (Å²) in [5.74, 6) is -0.00262. The van der Waals surface area contributed by atoms with Crippen molar-refractivity contribution in [2.45, 2.75) is 52.2 Å². The van der Waals surface area contributed by atoms with Gasteiger partial charge in [-0.05, 0) is 52.2 Å². The summed E-state index contributed by atoms with van der Waals surface area (Å²) in [4.78, 5) is 29.4. The SMILES string of the molecule is Cc1cccc(C(=O)N2CCCC2)c1NC(=O)N1CC(C)OC(C)(C)C1. The highest BCUT2D eigenvalue weighted by atomic mass is 16.5. The highest BCUT2D eigenvalue weighted by Crippen LogP contribution is 2.26. The maximum Gasteiger partial charge on any atom is 0.322 e. The number of anilines is 1. The van der Waals surface area contributed by atoms with Crippen LogP contribution in [0.3, 0.4) is 0 Å². The minimum absolute atomic E-state index is 0.00262. The van der Waals surface area contributed by atoms with Crippen LogP contribution in [-0.4, -0.2) is 59.6 Å². The van der Waals surface area contributed by atoms with Crippen molar-refractivity contribution < 1.29 is 14.3 Å². The van der Waals surface area contributed by atoms with Crippen molar-refractivity contribution in [3.05, 3.63) is 29.3 Å². The van der Waals surface area contributed by atoms with Gasteiger partial charge in [0.15, 0.2) is 0 Å². The molecule has 0 saturated carbocycles. The molecular weight excluding hydrogens is 330 g/mol. The molecule has 0 bridgehead atoms. The molecule has 2 heterocycles. The number of amides is 3. The van der Waals surface area contributed by atoms with E-state index in [0.29, 0.717) is 24.3 Å². The molecule has 0 radical (unpaired) electrons. The Bertz CT molecular complexity index is 696. The minimum Gasteiger partial charge on any atom is -0.369 e. The number of carbonyl (C=O) groups excluding carboxylic acids is 2. The van der Waals surface area contributed by atoms with Crippen molar-refractivity contribution in [1.29, 1.82) is 0 Å². The topological polar surface area (TPSA) is 61.9 Å². The summed E-state index contributed by atoms with van der Waals surface area (Å²) in [5.41, 5.74) is 1.70. The largest absolute Gasteiger partial charge is 0.369 e. The van der Waals surface area contributed by atoms with Crippen molar-refractivity contribution in [3.63, 3.8) is 0 Å². The zero-order valence-electron chi connectivity index (χ0n) is 16.2. The molecule has 26 heavy (non-hydrogen) atoms. The van der Waals surface area contributed by atoms with Gasteiger partial charge in [0, 0.05) is 19.6 Å². The molecule has 1 unspecified atom stereocenters. The fraction of sp³-hybridized carbons (Fsp3) is 0.600. The average molecular weight is 359 g/mol. The Labute approximate surface area is 155 Å². The molecule has 2 aliphatic heterocycles. The van der Waals surface area contributed by atoms with Crippen LogP contribution in [0.4, 0.5) is 10.5 Å². The van der Waals surface area contributed by atoms with Crippen LogP contribution in [0.2, 0.25) is 0 Å². The van der Waals surface area contributed by atoms with Crippen molar-refractivity contribution in [2.75, 3.05) is 31.5 Å². The normalized spacial score (nSPS) is 22.4. The first-order valence-electron chi connectivity index (χ1n) is 9.39. The Balaban J connectivity index is 1.80. The standard InChI is InChI=1S/C20H29N3O3/c1-14-8-7-9-16(18(24)22-10-5-6-11-22)17(14)21-19(25)23-12-15(2)26-20(3,4)13-23/h7-9,15H,5-6,10-13H2,1-4H3,(H,21,25). The summed E-state index contributed by atoms with van der Waals surface area (Å²) < 4.78 is 5.87. The number of urea groups is 1. The lowest BCUT2D eigenvalue weighted by Gasteiger charge is -2.41. The third-order valence-electron chi connectivity index (χ3n) is 4.98. The summed E-state index contributed by atoms with van der Waals surface area (Å²) in [7, 11) is 0. The van der Waals surface area contributed by atoms with Gasteiger partial charge in [-0.25, -0.2) is 4.79 Å². The van der Waals surface area contributed by atoms with Crippen LogP contribution in [0.5, 0.6) is 0 Å². The number of rotatable bonds is 2. The van der Waals surface area contributed by atoms with E-state index < -0.39 is 0 Å². The van der Waals surface area contributed by atoms with Gasteiger partial charge in [0.2, 0.25) is 0 Å². The monoisotopic (exact) mass is 359 g/mol. The Kier molecular flexibility index (Phi) is 5.23. The van der Waals surface area contributed by atoms with E-state index in [4.69, 9.17) is 4.74 Å². The molecule has 1 aromatic rings. The van der Waals surface area contributed by atoms with E-state index in [1.54, 1.807) is 11.0 Å². The zero-order chi connectivity index (χ0) is 18.9. The fourth-order valence-electron chi connectivity index (χ4n) is 3.90. The van der Waals surface area contributed by atoms with E-state index in [9.17, 15) is 9.59 Å². The molecule has 3 rings (SSSR count). The van der Waals surface area contributed by atoms with E-state index in [1.165, 1.54) is 0 Å². The van der Waals surface area contributed by atoms with Gasteiger partial charge >= 0.3 is 6.03 Å². The lowest BCUT2D eigenvalue weighted by atomic mass is 10.1.